The molecule has 1 atom stereocenters. The molecule has 0 aromatic heterocycles. The first-order chi connectivity index (χ1) is 6.20. The number of thioether (sulfide) groups is 1. The third-order valence-corrected chi connectivity index (χ3v) is 2.76. The normalized spacial score (nSPS) is 18.5. The van der Waals surface area contributed by atoms with E-state index in [4.69, 9.17) is 15.6 Å². The fraction of sp³-hybridized carbons (Fsp3) is 0.875. The average Bonchev–Trinajstić information content (AvgIpc) is 2.87. The fourth-order valence-corrected chi connectivity index (χ4v) is 1.51. The van der Waals surface area contributed by atoms with Crippen LogP contribution in [0.1, 0.15) is 12.8 Å². The highest BCUT2D eigenvalue weighted by Crippen LogP contribution is 2.29. The summed E-state index contributed by atoms with van der Waals surface area (Å²) in [7, 11) is 0. The van der Waals surface area contributed by atoms with E-state index < -0.39 is 12.0 Å². The van der Waals surface area contributed by atoms with Gasteiger partial charge in [-0.15, -0.1) is 11.8 Å². The van der Waals surface area contributed by atoms with E-state index in [-0.39, 0.29) is 0 Å². The SMILES string of the molecule is N[C@@H](CSCOCC1CC1)C(=O)O. The molecular weight excluding hydrogens is 190 g/mol. The van der Waals surface area contributed by atoms with E-state index in [0.29, 0.717) is 11.7 Å². The molecule has 5 heteroatoms. The monoisotopic (exact) mass is 205 g/mol. The lowest BCUT2D eigenvalue weighted by atomic mass is 10.4. The fourth-order valence-electron chi connectivity index (χ4n) is 0.805. The number of carboxylic acid groups (broad SMARTS) is 1. The lowest BCUT2D eigenvalue weighted by molar-refractivity contribution is -0.137. The zero-order valence-electron chi connectivity index (χ0n) is 7.44. The zero-order valence-corrected chi connectivity index (χ0v) is 8.26. The molecule has 0 saturated heterocycles. The van der Waals surface area contributed by atoms with Gasteiger partial charge in [0.1, 0.15) is 6.04 Å². The van der Waals surface area contributed by atoms with Crippen LogP contribution in [-0.4, -0.2) is 35.4 Å². The number of hydrogen-bond acceptors (Lipinski definition) is 4. The van der Waals surface area contributed by atoms with Crippen molar-refractivity contribution in [3.8, 4) is 0 Å². The molecule has 0 radical (unpaired) electrons. The Kier molecular flexibility index (Phi) is 4.55. The van der Waals surface area contributed by atoms with Gasteiger partial charge >= 0.3 is 5.97 Å². The molecule has 0 bridgehead atoms. The first-order valence-corrected chi connectivity index (χ1v) is 5.49. The number of ether oxygens (including phenoxy) is 1. The van der Waals surface area contributed by atoms with Crippen LogP contribution >= 0.6 is 11.8 Å². The number of carbonyl (C=O) groups is 1. The highest BCUT2D eigenvalue weighted by Gasteiger charge is 2.21. The molecule has 13 heavy (non-hydrogen) atoms. The lowest BCUT2D eigenvalue weighted by Crippen LogP contribution is -2.32. The highest BCUT2D eigenvalue weighted by molar-refractivity contribution is 7.99. The van der Waals surface area contributed by atoms with Gasteiger partial charge in [0.05, 0.1) is 12.5 Å². The summed E-state index contributed by atoms with van der Waals surface area (Å²) in [6, 6.07) is -0.769. The van der Waals surface area contributed by atoms with Gasteiger partial charge in [-0.1, -0.05) is 0 Å². The molecule has 0 aromatic carbocycles. The summed E-state index contributed by atoms with van der Waals surface area (Å²) in [6.07, 6.45) is 2.55. The van der Waals surface area contributed by atoms with Gasteiger partial charge < -0.3 is 15.6 Å². The molecule has 0 heterocycles. The van der Waals surface area contributed by atoms with E-state index in [1.54, 1.807) is 0 Å². The molecule has 4 nitrogen and oxygen atoms in total. The van der Waals surface area contributed by atoms with E-state index >= 15 is 0 Å². The summed E-state index contributed by atoms with van der Waals surface area (Å²) in [5.74, 6) is 0.778. The Balaban J connectivity index is 1.84. The smallest absolute Gasteiger partial charge is 0.321 e. The standard InChI is InChI=1S/C8H15NO3S/c9-7(8(10)11)4-13-5-12-3-6-1-2-6/h6-7H,1-5,9H2,(H,10,11)/t7-/m0/s1. The maximum absolute atomic E-state index is 10.3. The minimum absolute atomic E-state index is 0.417. The quantitative estimate of drug-likeness (QED) is 0.468. The summed E-state index contributed by atoms with van der Waals surface area (Å²) < 4.78 is 5.30. The topological polar surface area (TPSA) is 72.5 Å². The van der Waals surface area contributed by atoms with Crippen molar-refractivity contribution >= 4 is 17.7 Å². The molecular formula is C8H15NO3S. The highest BCUT2D eigenvalue weighted by atomic mass is 32.2. The Morgan fingerprint density at radius 1 is 1.69 bits per heavy atom. The first kappa shape index (κ1) is 10.8. The van der Waals surface area contributed by atoms with E-state index in [1.165, 1.54) is 24.6 Å². The van der Waals surface area contributed by atoms with Crippen LogP contribution in [0.5, 0.6) is 0 Å². The van der Waals surface area contributed by atoms with Crippen molar-refractivity contribution in [1.29, 1.82) is 0 Å². The molecule has 1 aliphatic carbocycles. The maximum Gasteiger partial charge on any atom is 0.321 e. The van der Waals surface area contributed by atoms with Crippen molar-refractivity contribution in [2.24, 2.45) is 11.7 Å². The largest absolute Gasteiger partial charge is 0.480 e. The lowest BCUT2D eigenvalue weighted by Gasteiger charge is -2.06. The molecule has 3 N–H and O–H groups in total. The Morgan fingerprint density at radius 3 is 2.92 bits per heavy atom. The molecule has 0 aromatic rings. The summed E-state index contributed by atoms with van der Waals surface area (Å²) in [5, 5.41) is 8.46. The van der Waals surface area contributed by atoms with Gasteiger partial charge in [0.15, 0.2) is 0 Å². The third kappa shape index (κ3) is 5.13. The van der Waals surface area contributed by atoms with Gasteiger partial charge in [-0.2, -0.15) is 0 Å². The van der Waals surface area contributed by atoms with Crippen LogP contribution in [0.3, 0.4) is 0 Å². The first-order valence-electron chi connectivity index (χ1n) is 4.34. The second-order valence-electron chi connectivity index (χ2n) is 3.25. The molecule has 1 fully saturated rings. The number of hydrogen-bond donors (Lipinski definition) is 2. The van der Waals surface area contributed by atoms with Crippen LogP contribution in [0, 0.1) is 5.92 Å². The predicted octanol–water partition coefficient (Wildman–Crippen LogP) is 0.516. The molecule has 0 amide bonds. The summed E-state index contributed by atoms with van der Waals surface area (Å²) in [4.78, 5) is 10.3. The molecule has 0 aliphatic heterocycles. The maximum atomic E-state index is 10.3. The second-order valence-corrected chi connectivity index (χ2v) is 4.22. The third-order valence-electron chi connectivity index (χ3n) is 1.83. The predicted molar refractivity (Wildman–Crippen MR) is 51.6 cm³/mol. The van der Waals surface area contributed by atoms with Gasteiger partial charge in [0.2, 0.25) is 0 Å². The zero-order chi connectivity index (χ0) is 9.68. The number of aliphatic carboxylic acids is 1. The minimum Gasteiger partial charge on any atom is -0.480 e. The van der Waals surface area contributed by atoms with Gasteiger partial charge in [-0.3, -0.25) is 4.79 Å². The van der Waals surface area contributed by atoms with Gasteiger partial charge in [0.25, 0.3) is 0 Å². The number of rotatable bonds is 7. The number of carboxylic acids is 1. The molecule has 76 valence electrons. The van der Waals surface area contributed by atoms with E-state index in [9.17, 15) is 4.79 Å². The van der Waals surface area contributed by atoms with E-state index in [0.717, 1.165) is 12.5 Å². The van der Waals surface area contributed by atoms with Crippen LogP contribution in [0.2, 0.25) is 0 Å². The average molecular weight is 205 g/mol. The van der Waals surface area contributed by atoms with E-state index in [2.05, 4.69) is 0 Å². The molecule has 0 spiro atoms. The molecule has 1 aliphatic rings. The second kappa shape index (κ2) is 5.47. The van der Waals surface area contributed by atoms with Gasteiger partial charge in [-0.05, 0) is 18.8 Å². The van der Waals surface area contributed by atoms with Crippen molar-refractivity contribution in [2.75, 3.05) is 18.3 Å². The van der Waals surface area contributed by atoms with Crippen molar-refractivity contribution in [3.63, 3.8) is 0 Å². The Morgan fingerprint density at radius 2 is 2.38 bits per heavy atom. The van der Waals surface area contributed by atoms with Crippen molar-refractivity contribution in [3.05, 3.63) is 0 Å². The Hall–Kier alpha value is -0.260. The van der Waals surface area contributed by atoms with Crippen molar-refractivity contribution < 1.29 is 14.6 Å². The minimum atomic E-state index is -0.949. The number of nitrogens with two attached hydrogens (primary N) is 1. The Bertz CT molecular complexity index is 173. The van der Waals surface area contributed by atoms with Crippen molar-refractivity contribution in [2.45, 2.75) is 18.9 Å². The summed E-state index contributed by atoms with van der Waals surface area (Å²) >= 11 is 1.43. The van der Waals surface area contributed by atoms with Crippen LogP contribution in [0.15, 0.2) is 0 Å². The van der Waals surface area contributed by atoms with Crippen LogP contribution in [0.25, 0.3) is 0 Å². The van der Waals surface area contributed by atoms with Crippen molar-refractivity contribution in [1.82, 2.24) is 0 Å². The summed E-state index contributed by atoms with van der Waals surface area (Å²) in [5.41, 5.74) is 5.29. The molecule has 1 saturated carbocycles. The molecule has 1 rings (SSSR count). The molecule has 0 unspecified atom stereocenters. The van der Waals surface area contributed by atoms with Gasteiger partial charge in [-0.25, -0.2) is 0 Å². The Labute approximate surface area is 81.8 Å². The van der Waals surface area contributed by atoms with E-state index in [1.807, 2.05) is 0 Å². The van der Waals surface area contributed by atoms with Crippen LogP contribution in [0.4, 0.5) is 0 Å². The summed E-state index contributed by atoms with van der Waals surface area (Å²) in [6.45, 7) is 0.815. The van der Waals surface area contributed by atoms with Crippen LogP contribution < -0.4 is 5.73 Å². The van der Waals surface area contributed by atoms with Crippen LogP contribution in [-0.2, 0) is 9.53 Å². The van der Waals surface area contributed by atoms with Gasteiger partial charge in [0, 0.05) is 5.75 Å².